The van der Waals surface area contributed by atoms with Crippen molar-refractivity contribution in [2.24, 2.45) is 36.5 Å². The minimum Gasteiger partial charge on any atom is -0.475 e. The maximum Gasteiger partial charge on any atom is 0.490 e. The molecule has 3 amide bonds. The molecule has 17 nitrogen and oxygen atoms in total. The molecule has 3 aromatic rings. The average Bonchev–Trinajstić information content (AvgIpc) is 3.73. The summed E-state index contributed by atoms with van der Waals surface area (Å²) in [6.45, 7) is 6.33. The number of carbonyl (C=O) groups is 5. The molecule has 0 fully saturated rings. The molecule has 3 aromatic heterocycles. The number of nitrogens with two attached hydrogens (primary N) is 2. The molecule has 0 bridgehead atoms. The van der Waals surface area contributed by atoms with E-state index in [1.54, 1.807) is 60.0 Å². The van der Waals surface area contributed by atoms with Gasteiger partial charge in [-0.25, -0.2) is 14.6 Å². The molecule has 3 heterocycles. The van der Waals surface area contributed by atoms with Gasteiger partial charge < -0.3 is 56.2 Å². The Kier molecular flexibility index (Phi) is 17.5. The van der Waals surface area contributed by atoms with E-state index in [4.69, 9.17) is 31.3 Å². The van der Waals surface area contributed by atoms with Gasteiger partial charge in [-0.2, -0.15) is 26.3 Å². The van der Waals surface area contributed by atoms with Crippen molar-refractivity contribution in [2.75, 3.05) is 37.8 Å². The van der Waals surface area contributed by atoms with Gasteiger partial charge in [0.1, 0.15) is 17.1 Å². The van der Waals surface area contributed by atoms with E-state index in [1.807, 2.05) is 18.7 Å². The Morgan fingerprint density at radius 3 is 1.69 bits per heavy atom. The number of anilines is 2. The van der Waals surface area contributed by atoms with E-state index in [1.165, 1.54) is 0 Å². The van der Waals surface area contributed by atoms with E-state index in [0.717, 1.165) is 19.4 Å². The number of hydrogen-bond acceptors (Lipinski definition) is 7. The van der Waals surface area contributed by atoms with Crippen molar-refractivity contribution in [3.05, 3.63) is 53.9 Å². The number of rotatable bonds is 13. The first kappa shape index (κ1) is 47.0. The molecule has 0 radical (unpaired) electrons. The maximum atomic E-state index is 13.2. The third kappa shape index (κ3) is 16.7. The molecule has 0 aromatic carbocycles. The van der Waals surface area contributed by atoms with Crippen LogP contribution in [0.15, 0.2) is 41.8 Å². The number of nitrogens with one attached hydrogen (secondary N) is 3. The molecule has 0 aliphatic carbocycles. The number of guanidine groups is 1. The third-order valence-electron chi connectivity index (χ3n) is 6.86. The molecule has 9 N–H and O–H groups in total. The first-order valence-corrected chi connectivity index (χ1v) is 16.0. The summed E-state index contributed by atoms with van der Waals surface area (Å²) in [5, 5.41) is 22.9. The predicted molar refractivity (Wildman–Crippen MR) is 189 cm³/mol. The molecule has 0 saturated heterocycles. The summed E-state index contributed by atoms with van der Waals surface area (Å²) in [6, 6.07) is 4.83. The Hall–Kier alpha value is -6.00. The second-order valence-electron chi connectivity index (χ2n) is 12.4. The fourth-order valence-corrected chi connectivity index (χ4v) is 4.27. The number of aliphatic carboxylic acids is 2. The lowest BCUT2D eigenvalue weighted by molar-refractivity contribution is -0.193. The van der Waals surface area contributed by atoms with Gasteiger partial charge in [-0.05, 0) is 57.6 Å². The van der Waals surface area contributed by atoms with E-state index in [-0.39, 0.29) is 23.7 Å². The molecule has 306 valence electrons. The summed E-state index contributed by atoms with van der Waals surface area (Å²) in [7, 11) is 7.40. The van der Waals surface area contributed by atoms with Gasteiger partial charge in [0.25, 0.3) is 17.7 Å². The normalized spacial score (nSPS) is 11.2. The smallest absolute Gasteiger partial charge is 0.475 e. The van der Waals surface area contributed by atoms with Crippen LogP contribution in [-0.2, 0) is 30.2 Å². The second kappa shape index (κ2) is 20.5. The van der Waals surface area contributed by atoms with Crippen LogP contribution in [0.3, 0.4) is 0 Å². The molecule has 0 aliphatic heterocycles. The summed E-state index contributed by atoms with van der Waals surface area (Å²) in [4.78, 5) is 62.8. The van der Waals surface area contributed by atoms with Gasteiger partial charge >= 0.3 is 24.3 Å². The number of aromatic nitrogens is 3. The number of carboxylic acid groups (broad SMARTS) is 2. The fraction of sp³-hybridized carbons (Fsp3) is 0.438. The van der Waals surface area contributed by atoms with Crippen LogP contribution < -0.4 is 27.4 Å². The highest BCUT2D eigenvalue weighted by Crippen LogP contribution is 2.21. The lowest BCUT2D eigenvalue weighted by atomic mass is 10.1. The van der Waals surface area contributed by atoms with Crippen molar-refractivity contribution >= 4 is 52.7 Å². The van der Waals surface area contributed by atoms with Gasteiger partial charge in [-0.3, -0.25) is 14.4 Å². The molecule has 0 unspecified atom stereocenters. The van der Waals surface area contributed by atoms with Crippen LogP contribution in [0, 0.1) is 5.92 Å². The Labute approximate surface area is 310 Å². The van der Waals surface area contributed by atoms with E-state index in [2.05, 4.69) is 39.7 Å². The number of carboxylic acids is 2. The van der Waals surface area contributed by atoms with Crippen LogP contribution in [0.25, 0.3) is 0 Å². The quantitative estimate of drug-likeness (QED) is 0.0574. The zero-order valence-corrected chi connectivity index (χ0v) is 30.7. The molecule has 0 aliphatic rings. The number of alkyl halides is 6. The second-order valence-corrected chi connectivity index (χ2v) is 12.4. The largest absolute Gasteiger partial charge is 0.490 e. The lowest BCUT2D eigenvalue weighted by Gasteiger charge is -2.12. The molecule has 0 atom stereocenters. The summed E-state index contributed by atoms with van der Waals surface area (Å²) in [5.74, 6) is -6.10. The monoisotopic (exact) mass is 794 g/mol. The molecular weight excluding hydrogens is 750 g/mol. The standard InChI is InChI=1S/C28H42N10O3.2C2HF3O2/c1-18(2)8-11-38-17-21(14-24(38)25(39)31-9-7-10-35(3)4)33-27(41)22-12-19(15-36(22)5)32-26(40)23-13-20(16-37(23)6)34-28(29)30;2*3-2(4,5)1(6)7/h12-18H,7-11H2,1-6H3,(H,31,39)(H,32,40)(H,33,41)(H4,29,30,34);2*(H,6,7). The van der Waals surface area contributed by atoms with Crippen LogP contribution >= 0.6 is 0 Å². The lowest BCUT2D eigenvalue weighted by Crippen LogP contribution is -2.28. The van der Waals surface area contributed by atoms with Crippen LogP contribution in [-0.4, -0.2) is 104 Å². The summed E-state index contributed by atoms with van der Waals surface area (Å²) in [5.41, 5.74) is 13.4. The molecule has 3 rings (SSSR count). The highest BCUT2D eigenvalue weighted by Gasteiger charge is 2.39. The topological polar surface area (TPSA) is 244 Å². The fourth-order valence-electron chi connectivity index (χ4n) is 4.27. The minimum atomic E-state index is -5.08. The van der Waals surface area contributed by atoms with Gasteiger partial charge in [-0.15, -0.1) is 0 Å². The number of hydrogen-bond donors (Lipinski definition) is 7. The number of amides is 3. The molecule has 23 heteroatoms. The SMILES string of the molecule is CC(C)CCn1cc(NC(=O)c2cc(NC(=O)c3cc(N=C(N)N)cn3C)cn2C)cc1C(=O)NCCCN(C)C.O=C(O)C(F)(F)F.O=C(O)C(F)(F)F. The van der Waals surface area contributed by atoms with Gasteiger partial charge in [0, 0.05) is 45.8 Å². The number of aryl methyl sites for hydroxylation is 3. The van der Waals surface area contributed by atoms with Crippen LogP contribution in [0.4, 0.5) is 43.4 Å². The van der Waals surface area contributed by atoms with Crippen molar-refractivity contribution in [2.45, 2.75) is 45.6 Å². The molecule has 55 heavy (non-hydrogen) atoms. The van der Waals surface area contributed by atoms with Crippen molar-refractivity contribution < 1.29 is 60.5 Å². The third-order valence-corrected chi connectivity index (χ3v) is 6.86. The number of carbonyl (C=O) groups excluding carboxylic acids is 3. The molecular formula is C32H44F6N10O7. The van der Waals surface area contributed by atoms with Crippen LogP contribution in [0.1, 0.15) is 58.2 Å². The predicted octanol–water partition coefficient (Wildman–Crippen LogP) is 3.57. The van der Waals surface area contributed by atoms with Crippen molar-refractivity contribution in [1.29, 1.82) is 0 Å². The first-order valence-electron chi connectivity index (χ1n) is 16.0. The van der Waals surface area contributed by atoms with Gasteiger partial charge in [0.15, 0.2) is 5.96 Å². The van der Waals surface area contributed by atoms with E-state index in [9.17, 15) is 40.7 Å². The Morgan fingerprint density at radius 1 is 0.782 bits per heavy atom. The summed E-state index contributed by atoms with van der Waals surface area (Å²) in [6.07, 6.45) is -3.39. The van der Waals surface area contributed by atoms with Crippen molar-refractivity contribution in [1.82, 2.24) is 23.9 Å². The number of halogens is 6. The Balaban J connectivity index is 0.000000913. The van der Waals surface area contributed by atoms with Gasteiger partial charge in [-0.1, -0.05) is 13.8 Å². The average molecular weight is 795 g/mol. The summed E-state index contributed by atoms with van der Waals surface area (Å²) >= 11 is 0. The van der Waals surface area contributed by atoms with E-state index < -0.39 is 24.3 Å². The van der Waals surface area contributed by atoms with Crippen molar-refractivity contribution in [3.63, 3.8) is 0 Å². The Bertz CT molecular complexity index is 1800. The van der Waals surface area contributed by atoms with Gasteiger partial charge in [0.2, 0.25) is 0 Å². The highest BCUT2D eigenvalue weighted by atomic mass is 19.4. The van der Waals surface area contributed by atoms with E-state index in [0.29, 0.717) is 53.2 Å². The van der Waals surface area contributed by atoms with Crippen molar-refractivity contribution in [3.8, 4) is 0 Å². The number of nitrogens with zero attached hydrogens (tertiary/aromatic N) is 5. The molecule has 0 spiro atoms. The minimum absolute atomic E-state index is 0.107. The number of aliphatic imine (C=N–C) groups is 1. The zero-order chi connectivity index (χ0) is 42.4. The Morgan fingerprint density at radius 2 is 1.24 bits per heavy atom. The van der Waals surface area contributed by atoms with E-state index >= 15 is 0 Å². The zero-order valence-electron chi connectivity index (χ0n) is 30.7. The summed E-state index contributed by atoms with van der Waals surface area (Å²) < 4.78 is 68.6. The van der Waals surface area contributed by atoms with Crippen LogP contribution in [0.5, 0.6) is 0 Å². The maximum absolute atomic E-state index is 13.2. The van der Waals surface area contributed by atoms with Gasteiger partial charge in [0.05, 0.1) is 17.1 Å². The molecule has 0 saturated carbocycles. The van der Waals surface area contributed by atoms with Crippen LogP contribution in [0.2, 0.25) is 0 Å². The first-order chi connectivity index (χ1) is 25.2. The highest BCUT2D eigenvalue weighted by molar-refractivity contribution is 6.07.